The van der Waals surface area contributed by atoms with Crippen LogP contribution in [0.1, 0.15) is 30.9 Å². The fraction of sp³-hybridized carbons (Fsp3) is 0.571. The normalized spacial score (nSPS) is 18.6. The van der Waals surface area contributed by atoms with Gasteiger partial charge >= 0.3 is 0 Å². The summed E-state index contributed by atoms with van der Waals surface area (Å²) in [5.74, 6) is 0. The number of fused-ring (bicyclic) bond motifs is 1. The van der Waals surface area contributed by atoms with E-state index in [0.29, 0.717) is 0 Å². The van der Waals surface area contributed by atoms with Gasteiger partial charge in [0.15, 0.2) is 0 Å². The molecular weight excluding hydrogens is 196 g/mol. The van der Waals surface area contributed by atoms with Crippen molar-refractivity contribution in [1.29, 1.82) is 0 Å². The molecule has 0 spiro atoms. The van der Waals surface area contributed by atoms with E-state index in [4.69, 9.17) is 0 Å². The first-order chi connectivity index (χ1) is 7.86. The highest BCUT2D eigenvalue weighted by Gasteiger charge is 2.27. The van der Waals surface area contributed by atoms with Gasteiger partial charge in [0, 0.05) is 24.8 Å². The fourth-order valence-electron chi connectivity index (χ4n) is 2.63. The zero-order valence-corrected chi connectivity index (χ0v) is 10.00. The first-order valence-electron chi connectivity index (χ1n) is 6.46. The largest absolute Gasteiger partial charge is 0.384 e. The minimum atomic E-state index is 0.872. The van der Waals surface area contributed by atoms with Crippen LogP contribution < -0.4 is 5.32 Å². The van der Waals surface area contributed by atoms with Crippen molar-refractivity contribution in [3.05, 3.63) is 29.3 Å². The number of hydrogen-bond acceptors (Lipinski definition) is 2. The lowest BCUT2D eigenvalue weighted by molar-refractivity contribution is 0.269. The van der Waals surface area contributed by atoms with E-state index >= 15 is 0 Å². The van der Waals surface area contributed by atoms with Crippen LogP contribution in [-0.4, -0.2) is 24.0 Å². The quantitative estimate of drug-likeness (QED) is 0.832. The SMILES string of the molecule is CCN(Cc1ccc2c(c1)CCN2)C1CC1. The first-order valence-corrected chi connectivity index (χ1v) is 6.46. The van der Waals surface area contributed by atoms with E-state index < -0.39 is 0 Å². The lowest BCUT2D eigenvalue weighted by Crippen LogP contribution is -2.24. The molecule has 1 aromatic rings. The molecule has 2 heteroatoms. The van der Waals surface area contributed by atoms with Gasteiger partial charge in [0.25, 0.3) is 0 Å². The predicted molar refractivity (Wildman–Crippen MR) is 67.7 cm³/mol. The summed E-state index contributed by atoms with van der Waals surface area (Å²) in [7, 11) is 0. The summed E-state index contributed by atoms with van der Waals surface area (Å²) in [6.07, 6.45) is 4.00. The summed E-state index contributed by atoms with van der Waals surface area (Å²) in [5, 5.41) is 3.42. The third-order valence-corrected chi connectivity index (χ3v) is 3.73. The highest BCUT2D eigenvalue weighted by Crippen LogP contribution is 2.29. The second-order valence-electron chi connectivity index (χ2n) is 4.96. The molecule has 0 bridgehead atoms. The molecule has 0 unspecified atom stereocenters. The van der Waals surface area contributed by atoms with Gasteiger partial charge in [0.2, 0.25) is 0 Å². The molecule has 1 aliphatic carbocycles. The molecule has 1 saturated carbocycles. The fourth-order valence-corrected chi connectivity index (χ4v) is 2.63. The van der Waals surface area contributed by atoms with Gasteiger partial charge in [0.05, 0.1) is 0 Å². The molecule has 2 nitrogen and oxygen atoms in total. The minimum absolute atomic E-state index is 0.872. The van der Waals surface area contributed by atoms with E-state index in [2.05, 4.69) is 35.3 Å². The van der Waals surface area contributed by atoms with Crippen molar-refractivity contribution in [2.24, 2.45) is 0 Å². The van der Waals surface area contributed by atoms with Crippen molar-refractivity contribution in [3.63, 3.8) is 0 Å². The van der Waals surface area contributed by atoms with E-state index in [0.717, 1.165) is 19.1 Å². The maximum Gasteiger partial charge on any atom is 0.0373 e. The maximum absolute atomic E-state index is 3.42. The van der Waals surface area contributed by atoms with Crippen LogP contribution in [0.25, 0.3) is 0 Å². The van der Waals surface area contributed by atoms with Crippen molar-refractivity contribution < 1.29 is 0 Å². The zero-order chi connectivity index (χ0) is 11.0. The second kappa shape index (κ2) is 4.10. The lowest BCUT2D eigenvalue weighted by atomic mass is 10.1. The Morgan fingerprint density at radius 1 is 1.38 bits per heavy atom. The molecule has 0 atom stereocenters. The Kier molecular flexibility index (Phi) is 2.60. The molecule has 0 aromatic heterocycles. The van der Waals surface area contributed by atoms with E-state index in [-0.39, 0.29) is 0 Å². The standard InChI is InChI=1S/C14H20N2/c1-2-16(13-4-5-13)10-11-3-6-14-12(9-11)7-8-15-14/h3,6,9,13,15H,2,4-5,7-8,10H2,1H3. The van der Waals surface area contributed by atoms with Crippen LogP contribution in [0.5, 0.6) is 0 Å². The second-order valence-corrected chi connectivity index (χ2v) is 4.96. The van der Waals surface area contributed by atoms with Crippen LogP contribution >= 0.6 is 0 Å². The van der Waals surface area contributed by atoms with Crippen molar-refractivity contribution in [1.82, 2.24) is 4.90 Å². The summed E-state index contributed by atoms with van der Waals surface area (Å²) in [5.41, 5.74) is 4.33. The molecule has 16 heavy (non-hydrogen) atoms. The van der Waals surface area contributed by atoms with Crippen LogP contribution in [0.3, 0.4) is 0 Å². The average Bonchev–Trinajstić information content (AvgIpc) is 3.04. The van der Waals surface area contributed by atoms with Crippen LogP contribution in [0, 0.1) is 0 Å². The molecule has 3 rings (SSSR count). The molecule has 1 heterocycles. The van der Waals surface area contributed by atoms with Gasteiger partial charge in [-0.1, -0.05) is 19.1 Å². The summed E-state index contributed by atoms with van der Waals surface area (Å²) in [4.78, 5) is 2.60. The number of benzene rings is 1. The van der Waals surface area contributed by atoms with Crippen LogP contribution in [0.2, 0.25) is 0 Å². The molecule has 1 fully saturated rings. The third kappa shape index (κ3) is 1.94. The number of hydrogen-bond donors (Lipinski definition) is 1. The third-order valence-electron chi connectivity index (χ3n) is 3.73. The van der Waals surface area contributed by atoms with Gasteiger partial charge in [-0.2, -0.15) is 0 Å². The highest BCUT2D eigenvalue weighted by molar-refractivity contribution is 5.56. The number of rotatable bonds is 4. The van der Waals surface area contributed by atoms with Crippen LogP contribution in [0.4, 0.5) is 5.69 Å². The van der Waals surface area contributed by atoms with E-state index in [1.54, 1.807) is 0 Å². The Morgan fingerprint density at radius 3 is 3.00 bits per heavy atom. The monoisotopic (exact) mass is 216 g/mol. The van der Waals surface area contributed by atoms with E-state index in [9.17, 15) is 0 Å². The Hall–Kier alpha value is -1.02. The van der Waals surface area contributed by atoms with Crippen LogP contribution in [0.15, 0.2) is 18.2 Å². The summed E-state index contributed by atoms with van der Waals surface area (Å²) in [6.45, 7) is 5.70. The van der Waals surface area contributed by atoms with Crippen molar-refractivity contribution in [3.8, 4) is 0 Å². The van der Waals surface area contributed by atoms with Crippen LogP contribution in [-0.2, 0) is 13.0 Å². The topological polar surface area (TPSA) is 15.3 Å². The summed E-state index contributed by atoms with van der Waals surface area (Å²) in [6, 6.07) is 7.79. The maximum atomic E-state index is 3.42. The number of anilines is 1. The van der Waals surface area contributed by atoms with Gasteiger partial charge in [-0.3, -0.25) is 4.90 Å². The predicted octanol–water partition coefficient (Wildman–Crippen LogP) is 2.64. The Morgan fingerprint density at radius 2 is 2.25 bits per heavy atom. The highest BCUT2D eigenvalue weighted by atomic mass is 15.2. The summed E-state index contributed by atoms with van der Waals surface area (Å²) >= 11 is 0. The lowest BCUT2D eigenvalue weighted by Gasteiger charge is -2.20. The van der Waals surface area contributed by atoms with Gasteiger partial charge in [-0.15, -0.1) is 0 Å². The van der Waals surface area contributed by atoms with E-state index in [1.807, 2.05) is 0 Å². The first kappa shape index (κ1) is 10.2. The van der Waals surface area contributed by atoms with Crippen molar-refractivity contribution in [2.75, 3.05) is 18.4 Å². The average molecular weight is 216 g/mol. The zero-order valence-electron chi connectivity index (χ0n) is 10.00. The van der Waals surface area contributed by atoms with E-state index in [1.165, 1.54) is 42.6 Å². The molecule has 86 valence electrons. The number of nitrogens with one attached hydrogen (secondary N) is 1. The molecule has 1 N–H and O–H groups in total. The molecule has 2 aliphatic rings. The molecule has 1 aromatic carbocycles. The van der Waals surface area contributed by atoms with Gasteiger partial charge < -0.3 is 5.32 Å². The summed E-state index contributed by atoms with van der Waals surface area (Å²) < 4.78 is 0. The molecule has 0 amide bonds. The Labute approximate surface area is 97.6 Å². The van der Waals surface area contributed by atoms with Crippen molar-refractivity contribution in [2.45, 2.75) is 38.8 Å². The van der Waals surface area contributed by atoms with Gasteiger partial charge in [-0.05, 0) is 43.0 Å². The Balaban J connectivity index is 1.74. The Bertz CT molecular complexity index is 382. The molecule has 0 radical (unpaired) electrons. The molecule has 0 saturated heterocycles. The van der Waals surface area contributed by atoms with Gasteiger partial charge in [-0.25, -0.2) is 0 Å². The number of nitrogens with zero attached hydrogens (tertiary/aromatic N) is 1. The molecular formula is C14H20N2. The minimum Gasteiger partial charge on any atom is -0.384 e. The smallest absolute Gasteiger partial charge is 0.0373 e. The molecule has 1 aliphatic heterocycles. The van der Waals surface area contributed by atoms with Crippen molar-refractivity contribution >= 4 is 5.69 Å². The van der Waals surface area contributed by atoms with Gasteiger partial charge in [0.1, 0.15) is 0 Å².